The largest absolute Gasteiger partial charge is 0.495 e. The van der Waals surface area contributed by atoms with E-state index in [0.717, 1.165) is 18.2 Å². The molecule has 0 bridgehead atoms. The van der Waals surface area contributed by atoms with E-state index in [0.29, 0.717) is 0 Å². The zero-order valence-electron chi connectivity index (χ0n) is 18.1. The van der Waals surface area contributed by atoms with E-state index < -0.39 is 47.9 Å². The summed E-state index contributed by atoms with van der Waals surface area (Å²) < 4.78 is 4.88. The van der Waals surface area contributed by atoms with Crippen LogP contribution in [0, 0.1) is 26.1 Å². The molecule has 1 aromatic rings. The molecular weight excluding hydrogens is 444 g/mol. The average molecular weight is 473 g/mol. The van der Waals surface area contributed by atoms with Gasteiger partial charge in [0.2, 0.25) is 5.91 Å². The third kappa shape index (κ3) is 9.05. The SMILES string of the molecule is CCO[Si](O)(O)CCCNC(=O)[C@H](CC(C)C)NC(=O)c1cc([N+](=O)[O-])cc([N+](=O)[O-])c1. The highest BCUT2D eigenvalue weighted by atomic mass is 28.4. The first kappa shape index (κ1) is 27.1. The average Bonchev–Trinajstić information content (AvgIpc) is 2.69. The maximum absolute atomic E-state index is 12.6. The zero-order chi connectivity index (χ0) is 24.5. The molecule has 0 saturated heterocycles. The number of benzene rings is 1. The molecule has 4 N–H and O–H groups in total. The summed E-state index contributed by atoms with van der Waals surface area (Å²) >= 11 is 0. The van der Waals surface area contributed by atoms with Crippen LogP contribution in [-0.2, 0) is 9.22 Å². The Morgan fingerprint density at radius 3 is 2.16 bits per heavy atom. The van der Waals surface area contributed by atoms with Gasteiger partial charge in [0.25, 0.3) is 17.3 Å². The van der Waals surface area contributed by atoms with Crippen LogP contribution >= 0.6 is 0 Å². The number of nitro benzene ring substituents is 2. The number of nitro groups is 2. The lowest BCUT2D eigenvalue weighted by atomic mass is 10.0. The van der Waals surface area contributed by atoms with E-state index in [-0.39, 0.29) is 43.5 Å². The molecule has 0 aromatic heterocycles. The maximum atomic E-state index is 12.6. The number of rotatable bonds is 13. The van der Waals surface area contributed by atoms with Gasteiger partial charge < -0.3 is 24.7 Å². The van der Waals surface area contributed by atoms with Crippen molar-refractivity contribution < 1.29 is 33.5 Å². The Bertz CT molecular complexity index is 815. The summed E-state index contributed by atoms with van der Waals surface area (Å²) in [6, 6.07) is 1.51. The van der Waals surface area contributed by atoms with Crippen LogP contribution in [0.5, 0.6) is 0 Å². The fourth-order valence-corrected chi connectivity index (χ4v) is 4.08. The van der Waals surface area contributed by atoms with Crippen molar-refractivity contribution in [3.8, 4) is 0 Å². The van der Waals surface area contributed by atoms with E-state index in [1.807, 2.05) is 13.8 Å². The minimum atomic E-state index is -3.76. The first-order valence-corrected chi connectivity index (χ1v) is 12.0. The molecule has 1 atom stereocenters. The van der Waals surface area contributed by atoms with E-state index in [9.17, 15) is 39.4 Å². The minimum Gasteiger partial charge on any atom is -0.390 e. The quantitative estimate of drug-likeness (QED) is 0.141. The third-order valence-corrected chi connectivity index (χ3v) is 6.03. The van der Waals surface area contributed by atoms with E-state index in [1.54, 1.807) is 6.92 Å². The predicted octanol–water partition coefficient (Wildman–Crippen LogP) is 1.11. The number of carbonyl (C=O) groups excluding carboxylic acids is 2. The van der Waals surface area contributed by atoms with Gasteiger partial charge in [0.1, 0.15) is 6.04 Å². The molecule has 0 aliphatic carbocycles. The van der Waals surface area contributed by atoms with Crippen molar-refractivity contribution in [2.45, 2.75) is 45.7 Å². The normalized spacial score (nSPS) is 12.3. The van der Waals surface area contributed by atoms with E-state index >= 15 is 0 Å². The molecule has 32 heavy (non-hydrogen) atoms. The molecular formula is C18H28N4O9Si. The second-order valence-electron chi connectivity index (χ2n) is 7.48. The molecule has 0 fully saturated rings. The van der Waals surface area contributed by atoms with Crippen LogP contribution in [-0.4, -0.2) is 59.3 Å². The van der Waals surface area contributed by atoms with Crippen molar-refractivity contribution in [1.29, 1.82) is 0 Å². The molecule has 1 aromatic carbocycles. The Labute approximate surface area is 185 Å². The van der Waals surface area contributed by atoms with Crippen LogP contribution < -0.4 is 10.6 Å². The Morgan fingerprint density at radius 1 is 1.12 bits per heavy atom. The van der Waals surface area contributed by atoms with Crippen molar-refractivity contribution in [3.63, 3.8) is 0 Å². The highest BCUT2D eigenvalue weighted by Gasteiger charge is 2.31. The van der Waals surface area contributed by atoms with Crippen LogP contribution in [0.2, 0.25) is 6.04 Å². The molecule has 0 radical (unpaired) electrons. The van der Waals surface area contributed by atoms with Gasteiger partial charge in [0.05, 0.1) is 21.5 Å². The lowest BCUT2D eigenvalue weighted by Gasteiger charge is -2.21. The molecule has 1 rings (SSSR count). The van der Waals surface area contributed by atoms with Gasteiger partial charge >= 0.3 is 8.80 Å². The first-order valence-electron chi connectivity index (χ1n) is 9.97. The second-order valence-corrected chi connectivity index (χ2v) is 9.75. The van der Waals surface area contributed by atoms with Crippen molar-refractivity contribution >= 4 is 32.0 Å². The Balaban J connectivity index is 2.88. The lowest BCUT2D eigenvalue weighted by molar-refractivity contribution is -0.394. The second kappa shape index (κ2) is 12.2. The Hall–Kier alpha value is -2.94. The van der Waals surface area contributed by atoms with Crippen LogP contribution in [0.15, 0.2) is 18.2 Å². The van der Waals surface area contributed by atoms with Gasteiger partial charge in [-0.1, -0.05) is 13.8 Å². The van der Waals surface area contributed by atoms with E-state index in [2.05, 4.69) is 10.6 Å². The van der Waals surface area contributed by atoms with Gasteiger partial charge in [-0.25, -0.2) is 0 Å². The summed E-state index contributed by atoms with van der Waals surface area (Å²) in [5.74, 6) is -1.41. The number of nitrogens with one attached hydrogen (secondary N) is 2. The highest BCUT2D eigenvalue weighted by molar-refractivity contribution is 6.57. The van der Waals surface area contributed by atoms with Gasteiger partial charge in [-0.15, -0.1) is 0 Å². The molecule has 178 valence electrons. The molecule has 0 aliphatic rings. The summed E-state index contributed by atoms with van der Waals surface area (Å²) in [6.07, 6.45) is 0.483. The number of amides is 2. The summed E-state index contributed by atoms with van der Waals surface area (Å²) in [7, 11) is -3.76. The first-order chi connectivity index (χ1) is 14.9. The van der Waals surface area contributed by atoms with Gasteiger partial charge in [0.15, 0.2) is 0 Å². The zero-order valence-corrected chi connectivity index (χ0v) is 19.1. The summed E-state index contributed by atoms with van der Waals surface area (Å²) in [6.45, 7) is 5.54. The van der Waals surface area contributed by atoms with E-state index in [4.69, 9.17) is 4.43 Å². The molecule has 0 spiro atoms. The summed E-state index contributed by atoms with van der Waals surface area (Å²) in [4.78, 5) is 64.9. The number of hydrogen-bond donors (Lipinski definition) is 4. The highest BCUT2D eigenvalue weighted by Crippen LogP contribution is 2.23. The molecule has 2 amide bonds. The van der Waals surface area contributed by atoms with Gasteiger partial charge in [-0.2, -0.15) is 0 Å². The van der Waals surface area contributed by atoms with Crippen molar-refractivity contribution in [2.75, 3.05) is 13.2 Å². The molecule has 0 heterocycles. The number of nitrogens with zero attached hydrogens (tertiary/aromatic N) is 2. The van der Waals surface area contributed by atoms with Crippen LogP contribution in [0.1, 0.15) is 44.0 Å². The molecule has 0 unspecified atom stereocenters. The molecule has 0 aliphatic heterocycles. The monoisotopic (exact) mass is 472 g/mol. The number of non-ortho nitro benzene ring substituents is 2. The lowest BCUT2D eigenvalue weighted by Crippen LogP contribution is -2.48. The molecule has 14 heteroatoms. The third-order valence-electron chi connectivity index (χ3n) is 4.27. The molecule has 13 nitrogen and oxygen atoms in total. The Morgan fingerprint density at radius 2 is 1.69 bits per heavy atom. The maximum Gasteiger partial charge on any atom is 0.495 e. The predicted molar refractivity (Wildman–Crippen MR) is 115 cm³/mol. The number of carbonyl (C=O) groups is 2. The fourth-order valence-electron chi connectivity index (χ4n) is 2.84. The van der Waals surface area contributed by atoms with Gasteiger partial charge in [0, 0.05) is 31.3 Å². The Kier molecular flexibility index (Phi) is 10.3. The topological polar surface area (TPSA) is 194 Å². The van der Waals surface area contributed by atoms with Gasteiger partial charge in [-0.05, 0) is 25.7 Å². The number of hydrogen-bond acceptors (Lipinski definition) is 9. The van der Waals surface area contributed by atoms with Crippen molar-refractivity contribution in [1.82, 2.24) is 10.6 Å². The standard InChI is InChI=1S/C18H28N4O9Si/c1-4-31-32(29,30)7-5-6-19-18(24)16(8-12(2)3)20-17(23)13-9-14(21(25)26)11-15(10-13)22(27)28/h9-12,16,29-30H,4-8H2,1-3H3,(H,19,24)(H,20,23)/t16-/m0/s1. The van der Waals surface area contributed by atoms with Crippen LogP contribution in [0.25, 0.3) is 0 Å². The van der Waals surface area contributed by atoms with Crippen LogP contribution in [0.4, 0.5) is 11.4 Å². The van der Waals surface area contributed by atoms with Crippen molar-refractivity contribution in [3.05, 3.63) is 44.0 Å². The molecule has 0 saturated carbocycles. The van der Waals surface area contributed by atoms with E-state index in [1.165, 1.54) is 0 Å². The van der Waals surface area contributed by atoms with Crippen LogP contribution in [0.3, 0.4) is 0 Å². The minimum absolute atomic E-state index is 0.00149. The smallest absolute Gasteiger partial charge is 0.390 e. The van der Waals surface area contributed by atoms with Gasteiger partial charge in [-0.3, -0.25) is 29.8 Å². The van der Waals surface area contributed by atoms with Crippen molar-refractivity contribution in [2.24, 2.45) is 5.92 Å². The summed E-state index contributed by atoms with van der Waals surface area (Å²) in [5, 5.41) is 27.1. The fraction of sp³-hybridized carbons (Fsp3) is 0.556. The summed E-state index contributed by atoms with van der Waals surface area (Å²) in [5.41, 5.74) is -1.56.